The molecule has 3 heterocycles. The minimum atomic E-state index is -4.38. The highest BCUT2D eigenvalue weighted by Crippen LogP contribution is 2.31. The number of pyridine rings is 1. The molecule has 0 aliphatic carbocycles. The second kappa shape index (κ2) is 4.09. The van der Waals surface area contributed by atoms with E-state index in [9.17, 15) is 13.2 Å². The van der Waals surface area contributed by atoms with Crippen LogP contribution >= 0.6 is 0 Å². The van der Waals surface area contributed by atoms with Crippen molar-refractivity contribution in [1.82, 2.24) is 19.3 Å². The minimum absolute atomic E-state index is 0.443. The van der Waals surface area contributed by atoms with E-state index < -0.39 is 11.7 Å². The number of aryl methyl sites for hydroxylation is 2. The molecule has 7 heteroatoms. The van der Waals surface area contributed by atoms with Gasteiger partial charge in [0, 0.05) is 30.9 Å². The maximum atomic E-state index is 12.7. The molecule has 20 heavy (non-hydrogen) atoms. The second-order valence-electron chi connectivity index (χ2n) is 4.59. The van der Waals surface area contributed by atoms with Gasteiger partial charge in [-0.15, -0.1) is 0 Å². The van der Waals surface area contributed by atoms with Gasteiger partial charge in [0.15, 0.2) is 0 Å². The molecule has 4 nitrogen and oxygen atoms in total. The van der Waals surface area contributed by atoms with Gasteiger partial charge >= 0.3 is 6.18 Å². The molecule has 3 aromatic heterocycles. The Bertz CT molecular complexity index is 783. The van der Waals surface area contributed by atoms with Crippen LogP contribution in [0.4, 0.5) is 13.2 Å². The molecule has 0 fully saturated rings. The summed E-state index contributed by atoms with van der Waals surface area (Å²) in [6, 6.07) is 4.56. The predicted molar refractivity (Wildman–Crippen MR) is 67.6 cm³/mol. The molecule has 0 unspecified atom stereocenters. The molecular weight excluding hydrogens is 269 g/mol. The van der Waals surface area contributed by atoms with Crippen LogP contribution in [0.25, 0.3) is 16.9 Å². The predicted octanol–water partition coefficient (Wildman–Crippen LogP) is 3.09. The topological polar surface area (TPSA) is 35.6 Å². The third-order valence-electron chi connectivity index (χ3n) is 3.08. The van der Waals surface area contributed by atoms with Crippen molar-refractivity contribution in [3.63, 3.8) is 0 Å². The largest absolute Gasteiger partial charge is 0.417 e. The van der Waals surface area contributed by atoms with Gasteiger partial charge in [-0.25, -0.2) is 4.98 Å². The first kappa shape index (κ1) is 12.7. The van der Waals surface area contributed by atoms with Crippen molar-refractivity contribution in [3.05, 3.63) is 41.9 Å². The SMILES string of the molecule is Cc1cc(-n2ccc3cc(C(F)(F)F)cnc32)n(C)n1. The van der Waals surface area contributed by atoms with E-state index in [1.807, 2.05) is 13.0 Å². The highest BCUT2D eigenvalue weighted by molar-refractivity contribution is 5.78. The van der Waals surface area contributed by atoms with E-state index in [2.05, 4.69) is 10.1 Å². The Labute approximate surface area is 112 Å². The first-order chi connectivity index (χ1) is 9.36. The fourth-order valence-electron chi connectivity index (χ4n) is 2.19. The van der Waals surface area contributed by atoms with Crippen LogP contribution in [0, 0.1) is 6.92 Å². The molecule has 0 saturated carbocycles. The van der Waals surface area contributed by atoms with E-state index in [0.717, 1.165) is 23.8 Å². The lowest BCUT2D eigenvalue weighted by molar-refractivity contribution is -0.137. The molecule has 0 radical (unpaired) electrons. The van der Waals surface area contributed by atoms with E-state index >= 15 is 0 Å². The van der Waals surface area contributed by atoms with Gasteiger partial charge in [0.2, 0.25) is 0 Å². The van der Waals surface area contributed by atoms with Crippen molar-refractivity contribution in [2.24, 2.45) is 7.05 Å². The quantitative estimate of drug-likeness (QED) is 0.686. The molecule has 0 aliphatic heterocycles. The van der Waals surface area contributed by atoms with Crippen molar-refractivity contribution >= 4 is 11.0 Å². The van der Waals surface area contributed by atoms with Crippen molar-refractivity contribution in [2.75, 3.05) is 0 Å². The Morgan fingerprint density at radius 3 is 2.55 bits per heavy atom. The van der Waals surface area contributed by atoms with Gasteiger partial charge in [-0.1, -0.05) is 0 Å². The number of rotatable bonds is 1. The van der Waals surface area contributed by atoms with Gasteiger partial charge in [-0.3, -0.25) is 9.25 Å². The second-order valence-corrected chi connectivity index (χ2v) is 4.59. The fraction of sp³-hybridized carbons (Fsp3) is 0.231. The normalized spacial score (nSPS) is 12.2. The summed E-state index contributed by atoms with van der Waals surface area (Å²) in [5.74, 6) is 0.754. The maximum Gasteiger partial charge on any atom is 0.417 e. The van der Waals surface area contributed by atoms with Crippen LogP contribution in [0.2, 0.25) is 0 Å². The monoisotopic (exact) mass is 280 g/mol. The van der Waals surface area contributed by atoms with Gasteiger partial charge < -0.3 is 0 Å². The highest BCUT2D eigenvalue weighted by Gasteiger charge is 2.31. The minimum Gasteiger partial charge on any atom is -0.286 e. The van der Waals surface area contributed by atoms with E-state index in [4.69, 9.17) is 0 Å². The summed E-state index contributed by atoms with van der Waals surface area (Å²) in [5.41, 5.74) is 0.557. The van der Waals surface area contributed by atoms with Crippen LogP contribution in [-0.4, -0.2) is 19.3 Å². The summed E-state index contributed by atoms with van der Waals surface area (Å²) in [5, 5.41) is 4.66. The van der Waals surface area contributed by atoms with Gasteiger partial charge in [0.25, 0.3) is 0 Å². The zero-order valence-electron chi connectivity index (χ0n) is 10.8. The average Bonchev–Trinajstić information content (AvgIpc) is 2.90. The number of hydrogen-bond acceptors (Lipinski definition) is 2. The van der Waals surface area contributed by atoms with Crippen LogP contribution in [-0.2, 0) is 13.2 Å². The van der Waals surface area contributed by atoms with E-state index in [1.54, 1.807) is 28.6 Å². The summed E-state index contributed by atoms with van der Waals surface area (Å²) in [6.07, 6.45) is -1.84. The third kappa shape index (κ3) is 1.95. The summed E-state index contributed by atoms with van der Waals surface area (Å²) in [6.45, 7) is 1.85. The molecular formula is C13H11F3N4. The highest BCUT2D eigenvalue weighted by atomic mass is 19.4. The van der Waals surface area contributed by atoms with Crippen molar-refractivity contribution in [2.45, 2.75) is 13.1 Å². The molecule has 0 saturated heterocycles. The third-order valence-corrected chi connectivity index (χ3v) is 3.08. The number of fused-ring (bicyclic) bond motifs is 1. The number of halogens is 3. The Morgan fingerprint density at radius 2 is 1.95 bits per heavy atom. The molecule has 3 rings (SSSR count). The Kier molecular flexibility index (Phi) is 2.60. The van der Waals surface area contributed by atoms with E-state index in [1.165, 1.54) is 0 Å². The Hall–Kier alpha value is -2.31. The van der Waals surface area contributed by atoms with Crippen LogP contribution in [0.3, 0.4) is 0 Å². The number of alkyl halides is 3. The molecule has 0 bridgehead atoms. The molecule has 0 aliphatic rings. The molecule has 0 spiro atoms. The van der Waals surface area contributed by atoms with Gasteiger partial charge in [-0.2, -0.15) is 18.3 Å². The smallest absolute Gasteiger partial charge is 0.286 e. The van der Waals surface area contributed by atoms with Crippen LogP contribution < -0.4 is 0 Å². The Balaban J connectivity index is 2.18. The van der Waals surface area contributed by atoms with Crippen LogP contribution in [0.5, 0.6) is 0 Å². The lowest BCUT2D eigenvalue weighted by atomic mass is 10.2. The molecule has 0 amide bonds. The van der Waals surface area contributed by atoms with Crippen molar-refractivity contribution < 1.29 is 13.2 Å². The van der Waals surface area contributed by atoms with Gasteiger partial charge in [-0.05, 0) is 19.1 Å². The van der Waals surface area contributed by atoms with Crippen LogP contribution in [0.1, 0.15) is 11.3 Å². The number of hydrogen-bond donors (Lipinski definition) is 0. The molecule has 0 atom stereocenters. The summed E-state index contributed by atoms with van der Waals surface area (Å²) >= 11 is 0. The zero-order valence-corrected chi connectivity index (χ0v) is 10.8. The van der Waals surface area contributed by atoms with Gasteiger partial charge in [0.1, 0.15) is 11.5 Å². The first-order valence-corrected chi connectivity index (χ1v) is 5.91. The fourth-order valence-corrected chi connectivity index (χ4v) is 2.19. The lowest BCUT2D eigenvalue weighted by Gasteiger charge is -2.07. The maximum absolute atomic E-state index is 12.7. The van der Waals surface area contributed by atoms with E-state index in [0.29, 0.717) is 11.0 Å². The van der Waals surface area contributed by atoms with Crippen molar-refractivity contribution in [3.8, 4) is 5.82 Å². The first-order valence-electron chi connectivity index (χ1n) is 5.91. The van der Waals surface area contributed by atoms with Crippen molar-refractivity contribution in [1.29, 1.82) is 0 Å². The Morgan fingerprint density at radius 1 is 1.20 bits per heavy atom. The summed E-state index contributed by atoms with van der Waals surface area (Å²) in [4.78, 5) is 3.94. The molecule has 0 aromatic carbocycles. The van der Waals surface area contributed by atoms with E-state index in [-0.39, 0.29) is 0 Å². The van der Waals surface area contributed by atoms with Gasteiger partial charge in [0.05, 0.1) is 11.3 Å². The summed E-state index contributed by atoms with van der Waals surface area (Å²) < 4.78 is 41.3. The molecule has 0 N–H and O–H groups in total. The standard InChI is InChI=1S/C13H11F3N4/c1-8-5-11(19(2)18-8)20-4-3-9-6-10(13(14,15)16)7-17-12(9)20/h3-7H,1-2H3. The summed E-state index contributed by atoms with van der Waals surface area (Å²) in [7, 11) is 1.78. The lowest BCUT2D eigenvalue weighted by Crippen LogP contribution is -2.06. The van der Waals surface area contributed by atoms with Crippen LogP contribution in [0.15, 0.2) is 30.6 Å². The zero-order chi connectivity index (χ0) is 14.5. The number of nitrogens with zero attached hydrogens (tertiary/aromatic N) is 4. The number of aromatic nitrogens is 4. The molecule has 104 valence electrons. The average molecular weight is 280 g/mol. The molecule has 3 aromatic rings.